The molecule has 0 aliphatic rings. The van der Waals surface area contributed by atoms with Gasteiger partial charge in [0.25, 0.3) is 0 Å². The number of ether oxygens (including phenoxy) is 1. The van der Waals surface area contributed by atoms with Gasteiger partial charge in [-0.2, -0.15) is 0 Å². The molecule has 0 heterocycles. The van der Waals surface area contributed by atoms with Gasteiger partial charge in [0.1, 0.15) is 16.5 Å². The second-order valence-electron chi connectivity index (χ2n) is 5.88. The van der Waals surface area contributed by atoms with Crippen molar-refractivity contribution in [3.05, 3.63) is 58.1 Å². The Bertz CT molecular complexity index is 659. The van der Waals surface area contributed by atoms with E-state index < -0.39 is 0 Å². The Kier molecular flexibility index (Phi) is 4.69. The molecule has 0 saturated carbocycles. The lowest BCUT2D eigenvalue weighted by Crippen LogP contribution is -2.10. The highest BCUT2D eigenvalue weighted by molar-refractivity contribution is 9.10. The summed E-state index contributed by atoms with van der Waals surface area (Å²) in [6.45, 7) is 6.57. The predicted molar refractivity (Wildman–Crippen MR) is 95.2 cm³/mol. The summed E-state index contributed by atoms with van der Waals surface area (Å²) < 4.78 is 6.68. The van der Waals surface area contributed by atoms with Crippen LogP contribution in [0.3, 0.4) is 0 Å². The molecule has 0 radical (unpaired) electrons. The van der Waals surface area contributed by atoms with Crippen LogP contribution in [0.15, 0.2) is 46.9 Å². The van der Waals surface area contributed by atoms with Crippen LogP contribution in [0.4, 0.5) is 0 Å². The van der Waals surface area contributed by atoms with E-state index in [9.17, 15) is 0 Å². The molecule has 2 N–H and O–H groups in total. The molecule has 0 amide bonds. The Labute approximate surface area is 139 Å². The lowest BCUT2D eigenvalue weighted by Gasteiger charge is -2.19. The van der Waals surface area contributed by atoms with Gasteiger partial charge in [-0.3, -0.25) is 0 Å². The van der Waals surface area contributed by atoms with Crippen LogP contribution in [0.5, 0.6) is 11.5 Å². The van der Waals surface area contributed by atoms with Crippen LogP contribution in [0.2, 0.25) is 0 Å². The first-order valence-corrected chi connectivity index (χ1v) is 7.85. The minimum atomic E-state index is 0.139. The fourth-order valence-corrected chi connectivity index (χ4v) is 2.80. The summed E-state index contributed by atoms with van der Waals surface area (Å²) in [5.41, 5.74) is 7.86. The van der Waals surface area contributed by atoms with Crippen molar-refractivity contribution in [2.45, 2.75) is 26.2 Å². The number of halogens is 1. The normalized spacial score (nSPS) is 11.2. The number of hydrogen-bond donors (Lipinski definition) is 1. The fourth-order valence-electron chi connectivity index (χ4n) is 1.92. The van der Waals surface area contributed by atoms with Gasteiger partial charge < -0.3 is 10.5 Å². The molecule has 0 bridgehead atoms. The van der Waals surface area contributed by atoms with Gasteiger partial charge in [-0.25, -0.2) is 0 Å². The zero-order valence-corrected chi connectivity index (χ0v) is 14.7. The molecule has 0 atom stereocenters. The second kappa shape index (κ2) is 6.16. The summed E-state index contributed by atoms with van der Waals surface area (Å²) in [5.74, 6) is 1.54. The molecule has 110 valence electrons. The quantitative estimate of drug-likeness (QED) is 0.763. The Balaban J connectivity index is 2.19. The molecule has 2 aromatic rings. The average molecular weight is 364 g/mol. The van der Waals surface area contributed by atoms with Crippen molar-refractivity contribution < 1.29 is 4.74 Å². The van der Waals surface area contributed by atoms with Gasteiger partial charge in [-0.15, -0.1) is 0 Å². The standard InChI is InChI=1S/C17H18BrNOS/c1-17(2,3)11-4-6-12(7-5-11)20-13-8-9-14(16(19)21)15(18)10-13/h4-10H,1-3H3,(H2,19,21). The van der Waals surface area contributed by atoms with Crippen LogP contribution < -0.4 is 10.5 Å². The minimum absolute atomic E-state index is 0.139. The maximum absolute atomic E-state index is 5.85. The van der Waals surface area contributed by atoms with Crippen molar-refractivity contribution in [3.8, 4) is 11.5 Å². The highest BCUT2D eigenvalue weighted by Crippen LogP contribution is 2.29. The van der Waals surface area contributed by atoms with E-state index in [1.165, 1.54) is 5.56 Å². The van der Waals surface area contributed by atoms with Crippen LogP contribution in [0, 0.1) is 0 Å². The molecule has 2 nitrogen and oxygen atoms in total. The molecular weight excluding hydrogens is 346 g/mol. The van der Waals surface area contributed by atoms with Gasteiger partial charge >= 0.3 is 0 Å². The smallest absolute Gasteiger partial charge is 0.128 e. The van der Waals surface area contributed by atoms with Gasteiger partial charge in [-0.05, 0) is 57.2 Å². The van der Waals surface area contributed by atoms with Crippen molar-refractivity contribution in [2.24, 2.45) is 5.73 Å². The highest BCUT2D eigenvalue weighted by atomic mass is 79.9. The molecule has 0 aromatic heterocycles. The summed E-state index contributed by atoms with van der Waals surface area (Å²) in [6, 6.07) is 13.7. The third-order valence-electron chi connectivity index (χ3n) is 3.16. The van der Waals surface area contributed by atoms with Crippen LogP contribution in [-0.4, -0.2) is 4.99 Å². The van der Waals surface area contributed by atoms with Crippen LogP contribution in [-0.2, 0) is 5.41 Å². The SMILES string of the molecule is CC(C)(C)c1ccc(Oc2ccc(C(N)=S)c(Br)c2)cc1. The summed E-state index contributed by atoms with van der Waals surface area (Å²) in [5, 5.41) is 0. The van der Waals surface area contributed by atoms with E-state index in [-0.39, 0.29) is 5.41 Å². The molecule has 4 heteroatoms. The number of hydrogen-bond acceptors (Lipinski definition) is 2. The monoisotopic (exact) mass is 363 g/mol. The Morgan fingerprint density at radius 2 is 1.62 bits per heavy atom. The summed E-state index contributed by atoms with van der Waals surface area (Å²) in [4.78, 5) is 0.364. The fraction of sp³-hybridized carbons (Fsp3) is 0.235. The van der Waals surface area contributed by atoms with Gasteiger partial charge in [-0.1, -0.05) is 45.1 Å². The van der Waals surface area contributed by atoms with Crippen molar-refractivity contribution in [1.82, 2.24) is 0 Å². The largest absolute Gasteiger partial charge is 0.457 e. The molecule has 2 aromatic carbocycles. The van der Waals surface area contributed by atoms with Crippen LogP contribution in [0.1, 0.15) is 31.9 Å². The van der Waals surface area contributed by atoms with E-state index in [0.717, 1.165) is 21.5 Å². The molecule has 0 aliphatic heterocycles. The van der Waals surface area contributed by atoms with Crippen molar-refractivity contribution in [3.63, 3.8) is 0 Å². The lowest BCUT2D eigenvalue weighted by atomic mass is 9.87. The van der Waals surface area contributed by atoms with Crippen molar-refractivity contribution in [2.75, 3.05) is 0 Å². The topological polar surface area (TPSA) is 35.2 Å². The van der Waals surface area contributed by atoms with Crippen molar-refractivity contribution >= 4 is 33.1 Å². The minimum Gasteiger partial charge on any atom is -0.457 e. The number of thiocarbonyl (C=S) groups is 1. The molecule has 0 aliphatic carbocycles. The summed E-state index contributed by atoms with van der Waals surface area (Å²) in [7, 11) is 0. The maximum atomic E-state index is 5.85. The van der Waals surface area contributed by atoms with Crippen LogP contribution >= 0.6 is 28.1 Å². The number of rotatable bonds is 3. The number of nitrogens with two attached hydrogens (primary N) is 1. The Morgan fingerprint density at radius 1 is 1.05 bits per heavy atom. The van der Waals surface area contributed by atoms with Gasteiger partial charge in [0.05, 0.1) is 0 Å². The average Bonchev–Trinajstić information content (AvgIpc) is 2.38. The Hall–Kier alpha value is -1.39. The molecule has 0 saturated heterocycles. The zero-order chi connectivity index (χ0) is 15.6. The second-order valence-corrected chi connectivity index (χ2v) is 7.18. The molecule has 0 fully saturated rings. The first kappa shape index (κ1) is 16.0. The lowest BCUT2D eigenvalue weighted by molar-refractivity contribution is 0.481. The molecular formula is C17H18BrNOS. The van der Waals surface area contributed by atoms with Gasteiger partial charge in [0.15, 0.2) is 0 Å². The molecule has 21 heavy (non-hydrogen) atoms. The molecule has 0 unspecified atom stereocenters. The third-order valence-corrected chi connectivity index (χ3v) is 4.04. The predicted octanol–water partition coefficient (Wildman–Crippen LogP) is 5.17. The van der Waals surface area contributed by atoms with Crippen molar-refractivity contribution in [1.29, 1.82) is 0 Å². The van der Waals surface area contributed by atoms with E-state index in [1.807, 2.05) is 30.3 Å². The van der Waals surface area contributed by atoms with E-state index in [1.54, 1.807) is 0 Å². The number of benzene rings is 2. The van der Waals surface area contributed by atoms with E-state index in [4.69, 9.17) is 22.7 Å². The first-order chi connectivity index (χ1) is 9.77. The van der Waals surface area contributed by atoms with E-state index >= 15 is 0 Å². The Morgan fingerprint density at radius 3 is 2.10 bits per heavy atom. The summed E-state index contributed by atoms with van der Waals surface area (Å²) in [6.07, 6.45) is 0. The first-order valence-electron chi connectivity index (χ1n) is 6.65. The molecule has 2 rings (SSSR count). The third kappa shape index (κ3) is 4.05. The molecule has 0 spiro atoms. The maximum Gasteiger partial charge on any atom is 0.128 e. The van der Waals surface area contributed by atoms with E-state index in [2.05, 4.69) is 48.8 Å². The van der Waals surface area contributed by atoms with E-state index in [0.29, 0.717) is 4.99 Å². The van der Waals surface area contributed by atoms with Crippen LogP contribution in [0.25, 0.3) is 0 Å². The van der Waals surface area contributed by atoms with Gasteiger partial charge in [0, 0.05) is 10.0 Å². The summed E-state index contributed by atoms with van der Waals surface area (Å²) >= 11 is 8.43. The van der Waals surface area contributed by atoms with Gasteiger partial charge in [0.2, 0.25) is 0 Å². The highest BCUT2D eigenvalue weighted by Gasteiger charge is 2.13. The zero-order valence-electron chi connectivity index (χ0n) is 12.3.